The van der Waals surface area contributed by atoms with Crippen molar-refractivity contribution in [2.24, 2.45) is 0 Å². The van der Waals surface area contributed by atoms with E-state index in [1.165, 1.54) is 12.1 Å². The van der Waals surface area contributed by atoms with E-state index in [0.717, 1.165) is 0 Å². The quantitative estimate of drug-likeness (QED) is 0.435. The Hall–Kier alpha value is -0.540. The highest BCUT2D eigenvalue weighted by Crippen LogP contribution is 2.43. The SMILES string of the molecule is FC(F)(F)C(F)(F)c1nc(Cl)c2cc(Br)cc(Br)c2n1. The molecule has 1 heterocycles. The minimum atomic E-state index is -5.80. The highest BCUT2D eigenvalue weighted by Gasteiger charge is 2.61. The van der Waals surface area contributed by atoms with Crippen LogP contribution in [-0.4, -0.2) is 16.1 Å². The van der Waals surface area contributed by atoms with E-state index in [4.69, 9.17) is 11.6 Å². The third kappa shape index (κ3) is 2.62. The van der Waals surface area contributed by atoms with Crippen molar-refractivity contribution in [3.05, 3.63) is 32.1 Å². The molecule has 0 radical (unpaired) electrons. The predicted molar refractivity (Wildman–Crippen MR) is 69.9 cm³/mol. The Morgan fingerprint density at radius 2 is 1.60 bits per heavy atom. The number of fused-ring (bicyclic) bond motifs is 1. The first-order valence-corrected chi connectivity index (χ1v) is 6.77. The summed E-state index contributed by atoms with van der Waals surface area (Å²) in [5.74, 6) is -6.87. The molecule has 10 heteroatoms. The number of rotatable bonds is 1. The van der Waals surface area contributed by atoms with Crippen molar-refractivity contribution >= 4 is 54.4 Å². The Balaban J connectivity index is 2.77. The molecule has 2 rings (SSSR count). The van der Waals surface area contributed by atoms with Crippen molar-refractivity contribution in [3.63, 3.8) is 0 Å². The second kappa shape index (κ2) is 5.03. The van der Waals surface area contributed by atoms with E-state index >= 15 is 0 Å². The maximum Gasteiger partial charge on any atom is 0.461 e. The van der Waals surface area contributed by atoms with Gasteiger partial charge in [-0.05, 0) is 28.1 Å². The number of hydrogen-bond acceptors (Lipinski definition) is 2. The van der Waals surface area contributed by atoms with Crippen LogP contribution in [0, 0.1) is 0 Å². The fraction of sp³-hybridized carbons (Fsp3) is 0.200. The molecule has 1 aromatic heterocycles. The van der Waals surface area contributed by atoms with Gasteiger partial charge >= 0.3 is 12.1 Å². The summed E-state index contributed by atoms with van der Waals surface area (Å²) in [6, 6.07) is 2.86. The van der Waals surface area contributed by atoms with Crippen LogP contribution in [0.15, 0.2) is 21.1 Å². The topological polar surface area (TPSA) is 25.8 Å². The molecule has 0 atom stereocenters. The summed E-state index contributed by atoms with van der Waals surface area (Å²) in [6.45, 7) is 0. The number of hydrogen-bond donors (Lipinski definition) is 0. The van der Waals surface area contributed by atoms with Gasteiger partial charge in [-0.1, -0.05) is 27.5 Å². The summed E-state index contributed by atoms with van der Waals surface area (Å²) in [6.07, 6.45) is -5.80. The van der Waals surface area contributed by atoms with Crippen LogP contribution in [0.1, 0.15) is 5.82 Å². The lowest BCUT2D eigenvalue weighted by atomic mass is 10.2. The Kier molecular flexibility index (Phi) is 3.98. The lowest BCUT2D eigenvalue weighted by molar-refractivity contribution is -0.292. The molecule has 0 aliphatic heterocycles. The van der Waals surface area contributed by atoms with Gasteiger partial charge in [0.05, 0.1) is 5.52 Å². The van der Waals surface area contributed by atoms with E-state index in [1.54, 1.807) is 0 Å². The number of aromatic nitrogens is 2. The van der Waals surface area contributed by atoms with Gasteiger partial charge in [0, 0.05) is 14.3 Å². The van der Waals surface area contributed by atoms with Gasteiger partial charge < -0.3 is 0 Å². The van der Waals surface area contributed by atoms with Crippen LogP contribution in [0.5, 0.6) is 0 Å². The van der Waals surface area contributed by atoms with Gasteiger partial charge in [-0.15, -0.1) is 0 Å². The van der Waals surface area contributed by atoms with Gasteiger partial charge in [0.2, 0.25) is 5.82 Å². The Bertz CT molecular complexity index is 689. The summed E-state index contributed by atoms with van der Waals surface area (Å²) in [4.78, 5) is 6.35. The number of alkyl halides is 5. The minimum absolute atomic E-state index is 0.132. The number of nitrogens with zero attached hydrogens (tertiary/aromatic N) is 2. The van der Waals surface area contributed by atoms with Crippen LogP contribution < -0.4 is 0 Å². The molecule has 0 unspecified atom stereocenters. The van der Waals surface area contributed by atoms with E-state index in [1.807, 2.05) is 0 Å². The van der Waals surface area contributed by atoms with Crippen LogP contribution in [0.2, 0.25) is 5.15 Å². The highest BCUT2D eigenvalue weighted by molar-refractivity contribution is 9.11. The summed E-state index contributed by atoms with van der Waals surface area (Å²) < 4.78 is 64.2. The lowest BCUT2D eigenvalue weighted by Gasteiger charge is -2.18. The van der Waals surface area contributed by atoms with Gasteiger partial charge in [-0.25, -0.2) is 9.97 Å². The van der Waals surface area contributed by atoms with E-state index in [9.17, 15) is 22.0 Å². The Morgan fingerprint density at radius 3 is 2.15 bits per heavy atom. The summed E-state index contributed by atoms with van der Waals surface area (Å²) in [7, 11) is 0. The third-order valence-electron chi connectivity index (χ3n) is 2.31. The molecule has 2 aromatic rings. The van der Waals surface area contributed by atoms with Crippen LogP contribution in [-0.2, 0) is 5.92 Å². The standard InChI is InChI=1S/C10H2Br2ClF5N2/c11-3-1-4-6(5(12)2-3)19-8(20-7(4)13)9(14,15)10(16,17)18/h1-2H. The first kappa shape index (κ1) is 15.8. The largest absolute Gasteiger partial charge is 0.461 e. The van der Waals surface area contributed by atoms with Crippen LogP contribution >= 0.6 is 43.5 Å². The highest BCUT2D eigenvalue weighted by atomic mass is 79.9. The summed E-state index contributed by atoms with van der Waals surface area (Å²) in [5, 5.41) is -0.342. The smallest absolute Gasteiger partial charge is 0.225 e. The van der Waals surface area contributed by atoms with Crippen molar-refractivity contribution in [1.29, 1.82) is 0 Å². The van der Waals surface area contributed by atoms with Crippen molar-refractivity contribution in [3.8, 4) is 0 Å². The van der Waals surface area contributed by atoms with E-state index in [2.05, 4.69) is 41.8 Å². The molecule has 0 aliphatic carbocycles. The van der Waals surface area contributed by atoms with Crippen LogP contribution in [0.3, 0.4) is 0 Å². The van der Waals surface area contributed by atoms with Crippen molar-refractivity contribution < 1.29 is 22.0 Å². The lowest BCUT2D eigenvalue weighted by Crippen LogP contribution is -2.35. The normalized spacial score (nSPS) is 13.0. The van der Waals surface area contributed by atoms with Crippen molar-refractivity contribution in [2.75, 3.05) is 0 Å². The van der Waals surface area contributed by atoms with Gasteiger partial charge in [-0.3, -0.25) is 0 Å². The fourth-order valence-electron chi connectivity index (χ4n) is 1.39. The van der Waals surface area contributed by atoms with E-state index in [0.29, 0.717) is 4.47 Å². The zero-order valence-corrected chi connectivity index (χ0v) is 13.0. The van der Waals surface area contributed by atoms with E-state index < -0.39 is 23.1 Å². The maximum atomic E-state index is 13.2. The van der Waals surface area contributed by atoms with Crippen LogP contribution in [0.25, 0.3) is 10.9 Å². The molecule has 0 bridgehead atoms. The fourth-order valence-corrected chi connectivity index (χ4v) is 2.93. The molecule has 0 spiro atoms. The van der Waals surface area contributed by atoms with Gasteiger partial charge in [0.25, 0.3) is 0 Å². The monoisotopic (exact) mass is 438 g/mol. The molecular weight excluding hydrogens is 438 g/mol. The molecule has 108 valence electrons. The van der Waals surface area contributed by atoms with Crippen molar-refractivity contribution in [1.82, 2.24) is 9.97 Å². The third-order valence-corrected chi connectivity index (χ3v) is 3.66. The first-order chi connectivity index (χ1) is 9.04. The second-order valence-corrected chi connectivity index (χ2v) is 5.82. The van der Waals surface area contributed by atoms with Gasteiger partial charge in [0.1, 0.15) is 5.15 Å². The van der Waals surface area contributed by atoms with Gasteiger partial charge in [0.15, 0.2) is 0 Å². The molecule has 0 saturated carbocycles. The molecule has 1 aromatic carbocycles. The Labute approximate surface area is 130 Å². The van der Waals surface area contributed by atoms with E-state index in [-0.39, 0.29) is 15.4 Å². The molecule has 20 heavy (non-hydrogen) atoms. The molecule has 0 amide bonds. The molecule has 0 fully saturated rings. The second-order valence-electron chi connectivity index (χ2n) is 3.69. The molecule has 0 saturated heterocycles. The summed E-state index contributed by atoms with van der Waals surface area (Å²) in [5.41, 5.74) is -0.132. The molecular formula is C10H2Br2ClF5N2. The first-order valence-electron chi connectivity index (χ1n) is 4.81. The molecule has 0 aliphatic rings. The summed E-state index contributed by atoms with van der Waals surface area (Å²) >= 11 is 11.8. The zero-order valence-electron chi connectivity index (χ0n) is 9.07. The van der Waals surface area contributed by atoms with Crippen molar-refractivity contribution in [2.45, 2.75) is 12.1 Å². The van der Waals surface area contributed by atoms with Crippen LogP contribution in [0.4, 0.5) is 22.0 Å². The predicted octanol–water partition coefficient (Wildman–Crippen LogP) is 5.46. The zero-order chi connectivity index (χ0) is 15.3. The molecule has 2 nitrogen and oxygen atoms in total. The average Bonchev–Trinajstić information content (AvgIpc) is 2.28. The minimum Gasteiger partial charge on any atom is -0.225 e. The number of halogens is 8. The average molecular weight is 440 g/mol. The molecule has 0 N–H and O–H groups in total. The maximum absolute atomic E-state index is 13.2. The Morgan fingerprint density at radius 1 is 1.00 bits per heavy atom. The number of benzene rings is 1. The van der Waals surface area contributed by atoms with Gasteiger partial charge in [-0.2, -0.15) is 22.0 Å².